The van der Waals surface area contributed by atoms with Crippen molar-refractivity contribution in [2.45, 2.75) is 37.8 Å². The fourth-order valence-corrected chi connectivity index (χ4v) is 2.64. The van der Waals surface area contributed by atoms with Gasteiger partial charge in [-0.2, -0.15) is 5.10 Å². The normalized spacial score (nSPS) is 12.6. The second-order valence-corrected chi connectivity index (χ2v) is 5.76. The van der Waals surface area contributed by atoms with E-state index in [0.717, 1.165) is 23.4 Å². The standard InChI is InChI=1S/C15H20N2OS/c1-3-17-11-12(10-16-17)9-15(18)13-5-7-14(8-6-13)19-4-2/h5-8,10-11,15,18H,3-4,9H2,1-2H3. The molecule has 1 aromatic carbocycles. The Bertz CT molecular complexity index is 507. The minimum atomic E-state index is -0.463. The fraction of sp³-hybridized carbons (Fsp3) is 0.400. The SMILES string of the molecule is CCSc1ccc(C(O)Cc2cnn(CC)c2)cc1. The van der Waals surface area contributed by atoms with Crippen LogP contribution in [0.2, 0.25) is 0 Å². The highest BCUT2D eigenvalue weighted by atomic mass is 32.2. The Labute approximate surface area is 118 Å². The van der Waals surface area contributed by atoms with Crippen molar-refractivity contribution in [3.05, 3.63) is 47.8 Å². The molecule has 4 heteroatoms. The van der Waals surface area contributed by atoms with Crippen LogP contribution in [0, 0.1) is 0 Å². The Morgan fingerprint density at radius 2 is 2.00 bits per heavy atom. The summed E-state index contributed by atoms with van der Waals surface area (Å²) < 4.78 is 1.88. The van der Waals surface area contributed by atoms with E-state index in [4.69, 9.17) is 0 Å². The van der Waals surface area contributed by atoms with Crippen molar-refractivity contribution in [3.63, 3.8) is 0 Å². The van der Waals surface area contributed by atoms with Crippen LogP contribution in [-0.2, 0) is 13.0 Å². The largest absolute Gasteiger partial charge is 0.388 e. The van der Waals surface area contributed by atoms with Gasteiger partial charge in [0.05, 0.1) is 12.3 Å². The minimum Gasteiger partial charge on any atom is -0.388 e. The van der Waals surface area contributed by atoms with Crippen LogP contribution in [0.5, 0.6) is 0 Å². The number of thioether (sulfide) groups is 1. The van der Waals surface area contributed by atoms with Crippen LogP contribution in [-0.4, -0.2) is 20.6 Å². The van der Waals surface area contributed by atoms with Gasteiger partial charge in [-0.3, -0.25) is 4.68 Å². The van der Waals surface area contributed by atoms with Crippen LogP contribution in [0.4, 0.5) is 0 Å². The summed E-state index contributed by atoms with van der Waals surface area (Å²) in [5.74, 6) is 1.07. The fourth-order valence-electron chi connectivity index (χ4n) is 1.98. The highest BCUT2D eigenvalue weighted by molar-refractivity contribution is 7.99. The molecule has 0 aliphatic rings. The molecule has 1 unspecified atom stereocenters. The molecule has 2 aromatic rings. The summed E-state index contributed by atoms with van der Waals surface area (Å²) in [4.78, 5) is 1.25. The van der Waals surface area contributed by atoms with Gasteiger partial charge in [0.2, 0.25) is 0 Å². The molecule has 0 spiro atoms. The van der Waals surface area contributed by atoms with Gasteiger partial charge in [0.1, 0.15) is 0 Å². The topological polar surface area (TPSA) is 38.1 Å². The molecule has 0 saturated carbocycles. The quantitative estimate of drug-likeness (QED) is 0.823. The molecule has 1 aromatic heterocycles. The van der Waals surface area contributed by atoms with Crippen LogP contribution in [0.1, 0.15) is 31.1 Å². The number of nitrogens with zero attached hydrogens (tertiary/aromatic N) is 2. The van der Waals surface area contributed by atoms with E-state index >= 15 is 0 Å². The molecule has 1 heterocycles. The molecule has 0 aliphatic carbocycles. The molecule has 2 rings (SSSR count). The number of rotatable bonds is 6. The zero-order valence-electron chi connectivity index (χ0n) is 11.4. The van der Waals surface area contributed by atoms with E-state index < -0.39 is 6.10 Å². The molecule has 3 nitrogen and oxygen atoms in total. The number of aromatic nitrogens is 2. The number of aryl methyl sites for hydroxylation is 1. The van der Waals surface area contributed by atoms with Crippen LogP contribution < -0.4 is 0 Å². The van der Waals surface area contributed by atoms with Crippen molar-refractivity contribution in [1.82, 2.24) is 9.78 Å². The summed E-state index contributed by atoms with van der Waals surface area (Å²) in [6.45, 7) is 5.05. The first-order chi connectivity index (χ1) is 9.22. The summed E-state index contributed by atoms with van der Waals surface area (Å²) in [5.41, 5.74) is 2.03. The Morgan fingerprint density at radius 1 is 1.26 bits per heavy atom. The second kappa shape index (κ2) is 6.78. The third kappa shape index (κ3) is 3.85. The second-order valence-electron chi connectivity index (χ2n) is 4.43. The molecule has 102 valence electrons. The first kappa shape index (κ1) is 14.2. The highest BCUT2D eigenvalue weighted by Gasteiger charge is 2.10. The summed E-state index contributed by atoms with van der Waals surface area (Å²) in [7, 11) is 0. The van der Waals surface area contributed by atoms with Crippen molar-refractivity contribution in [2.75, 3.05) is 5.75 Å². The number of hydrogen-bond donors (Lipinski definition) is 1. The minimum absolute atomic E-state index is 0.463. The number of aliphatic hydroxyl groups excluding tert-OH is 1. The van der Waals surface area contributed by atoms with Crippen LogP contribution >= 0.6 is 11.8 Å². The molecule has 19 heavy (non-hydrogen) atoms. The number of aliphatic hydroxyl groups is 1. The van der Waals surface area contributed by atoms with Crippen molar-refractivity contribution < 1.29 is 5.11 Å². The highest BCUT2D eigenvalue weighted by Crippen LogP contribution is 2.22. The molecule has 0 fully saturated rings. The lowest BCUT2D eigenvalue weighted by atomic mass is 10.0. The number of benzene rings is 1. The Hall–Kier alpha value is -1.26. The first-order valence-electron chi connectivity index (χ1n) is 6.65. The van der Waals surface area contributed by atoms with E-state index in [9.17, 15) is 5.11 Å². The summed E-state index contributed by atoms with van der Waals surface area (Å²) in [5, 5.41) is 14.5. The lowest BCUT2D eigenvalue weighted by Gasteiger charge is -2.10. The van der Waals surface area contributed by atoms with Gasteiger partial charge >= 0.3 is 0 Å². The molecular weight excluding hydrogens is 256 g/mol. The molecule has 0 aliphatic heterocycles. The number of hydrogen-bond acceptors (Lipinski definition) is 3. The molecule has 0 bridgehead atoms. The van der Waals surface area contributed by atoms with Crippen molar-refractivity contribution in [2.24, 2.45) is 0 Å². The molecular formula is C15H20N2OS. The molecule has 0 radical (unpaired) electrons. The maximum absolute atomic E-state index is 10.2. The predicted octanol–water partition coefficient (Wildman–Crippen LogP) is 3.29. The van der Waals surface area contributed by atoms with Crippen molar-refractivity contribution >= 4 is 11.8 Å². The molecule has 1 N–H and O–H groups in total. The first-order valence-corrected chi connectivity index (χ1v) is 7.63. The Balaban J connectivity index is 2.00. The maximum atomic E-state index is 10.2. The average Bonchev–Trinajstić information content (AvgIpc) is 2.87. The van der Waals surface area contributed by atoms with E-state index in [2.05, 4.69) is 31.1 Å². The van der Waals surface area contributed by atoms with Crippen molar-refractivity contribution in [3.8, 4) is 0 Å². The predicted molar refractivity (Wildman–Crippen MR) is 79.4 cm³/mol. The van der Waals surface area contributed by atoms with E-state index in [1.807, 2.05) is 41.0 Å². The van der Waals surface area contributed by atoms with E-state index in [1.165, 1.54) is 4.90 Å². The lowest BCUT2D eigenvalue weighted by Crippen LogP contribution is -2.01. The van der Waals surface area contributed by atoms with Gasteiger partial charge < -0.3 is 5.11 Å². The van der Waals surface area contributed by atoms with Gasteiger partial charge in [-0.05, 0) is 35.9 Å². The summed E-state index contributed by atoms with van der Waals surface area (Å²) >= 11 is 1.81. The third-order valence-electron chi connectivity index (χ3n) is 3.02. The van der Waals surface area contributed by atoms with E-state index in [-0.39, 0.29) is 0 Å². The van der Waals surface area contributed by atoms with Crippen molar-refractivity contribution in [1.29, 1.82) is 0 Å². The van der Waals surface area contributed by atoms with E-state index in [0.29, 0.717) is 6.42 Å². The van der Waals surface area contributed by atoms with Crippen LogP contribution in [0.3, 0.4) is 0 Å². The lowest BCUT2D eigenvalue weighted by molar-refractivity contribution is 0.178. The van der Waals surface area contributed by atoms with Crippen LogP contribution in [0.15, 0.2) is 41.6 Å². The van der Waals surface area contributed by atoms with Gasteiger partial charge in [0, 0.05) is 24.1 Å². The maximum Gasteiger partial charge on any atom is 0.0831 e. The summed E-state index contributed by atoms with van der Waals surface area (Å²) in [6, 6.07) is 8.16. The Kier molecular flexibility index (Phi) is 5.05. The third-order valence-corrected chi connectivity index (χ3v) is 3.91. The van der Waals surface area contributed by atoms with Gasteiger partial charge in [0.15, 0.2) is 0 Å². The molecule has 0 saturated heterocycles. The Morgan fingerprint density at radius 3 is 2.58 bits per heavy atom. The van der Waals surface area contributed by atoms with Gasteiger partial charge in [-0.1, -0.05) is 19.1 Å². The van der Waals surface area contributed by atoms with Gasteiger partial charge in [-0.25, -0.2) is 0 Å². The monoisotopic (exact) mass is 276 g/mol. The average molecular weight is 276 g/mol. The van der Waals surface area contributed by atoms with E-state index in [1.54, 1.807) is 0 Å². The zero-order chi connectivity index (χ0) is 13.7. The smallest absolute Gasteiger partial charge is 0.0831 e. The van der Waals surface area contributed by atoms with Gasteiger partial charge in [0.25, 0.3) is 0 Å². The summed E-state index contributed by atoms with van der Waals surface area (Å²) in [6.07, 6.45) is 3.97. The van der Waals surface area contributed by atoms with Crippen LogP contribution in [0.25, 0.3) is 0 Å². The molecule has 1 atom stereocenters. The zero-order valence-corrected chi connectivity index (χ0v) is 12.2. The van der Waals surface area contributed by atoms with Gasteiger partial charge in [-0.15, -0.1) is 11.8 Å². The molecule has 0 amide bonds.